The Bertz CT molecular complexity index is 1470. The molecular weight excluding hydrogens is 614 g/mol. The molecule has 248 valence electrons. The molecule has 0 spiro atoms. The van der Waals surface area contributed by atoms with E-state index in [1.165, 1.54) is 0 Å². The number of pyridine rings is 1. The van der Waals surface area contributed by atoms with E-state index in [-0.39, 0.29) is 35.2 Å². The number of likely N-dealkylation sites (tertiary alicyclic amines) is 1. The Hall–Kier alpha value is -3.20. The lowest BCUT2D eigenvalue weighted by Crippen LogP contribution is -2.50. The monoisotopic (exact) mass is 663 g/mol. The molecule has 3 atom stereocenters. The van der Waals surface area contributed by atoms with Crippen LogP contribution >= 0.6 is 11.6 Å². The van der Waals surface area contributed by atoms with Gasteiger partial charge in [-0.3, -0.25) is 14.7 Å². The van der Waals surface area contributed by atoms with Gasteiger partial charge in [-0.05, 0) is 105 Å². The zero-order valence-corrected chi connectivity index (χ0v) is 30.6. The van der Waals surface area contributed by atoms with Gasteiger partial charge in [0, 0.05) is 42.6 Å². The number of benzene rings is 2. The Kier molecular flexibility index (Phi) is 11.1. The number of carbonyl (C=O) groups is 2. The molecule has 2 amide bonds. The molecule has 1 aliphatic heterocycles. The highest BCUT2D eigenvalue weighted by molar-refractivity contribution is 6.74. The summed E-state index contributed by atoms with van der Waals surface area (Å²) in [6.07, 6.45) is 5.06. The summed E-state index contributed by atoms with van der Waals surface area (Å²) in [5.41, 5.74) is 3.01. The van der Waals surface area contributed by atoms with Crippen LogP contribution in [-0.2, 0) is 22.1 Å². The number of halogens is 1. The Morgan fingerprint density at radius 1 is 0.978 bits per heavy atom. The lowest BCUT2D eigenvalue weighted by molar-refractivity contribution is -0.00239. The van der Waals surface area contributed by atoms with Crippen molar-refractivity contribution in [2.24, 2.45) is 0 Å². The highest BCUT2D eigenvalue weighted by Gasteiger charge is 2.47. The van der Waals surface area contributed by atoms with E-state index < -0.39 is 13.9 Å². The fraction of sp³-hybridized carbons (Fsp3) is 0.486. The first kappa shape index (κ1) is 35.6. The zero-order valence-electron chi connectivity index (χ0n) is 28.8. The Balaban J connectivity index is 1.60. The summed E-state index contributed by atoms with van der Waals surface area (Å²) in [6.45, 7) is 17.4. The van der Waals surface area contributed by atoms with Crippen molar-refractivity contribution in [3.8, 4) is 0 Å². The largest absolute Gasteiger partial charge is 0.444 e. The summed E-state index contributed by atoms with van der Waals surface area (Å²) < 4.78 is 13.1. The molecule has 3 aromatic rings. The standard InChI is InChI=1S/C37H50ClN3O4Si/c1-36(2,3)44-35(43)41-31(23-26-12-14-29(15-13-26)34(42)40(7)25-27-11-10-22-39-24-27)20-21-32(41)33(28-16-18-30(38)19-17-28)45-46(8,9)37(4,5)6/h10-19,22,24,31-33H,20-21,23,25H2,1-9H3/t31-,32+,33+/m0/s1. The fourth-order valence-corrected chi connectivity index (χ4v) is 7.04. The molecular formula is C37H50ClN3O4Si. The Morgan fingerprint density at radius 3 is 2.20 bits per heavy atom. The minimum absolute atomic E-state index is 0.0162. The predicted molar refractivity (Wildman–Crippen MR) is 188 cm³/mol. The predicted octanol–water partition coefficient (Wildman–Crippen LogP) is 9.08. The summed E-state index contributed by atoms with van der Waals surface area (Å²) in [6, 6.07) is 19.1. The summed E-state index contributed by atoms with van der Waals surface area (Å²) in [7, 11) is -0.447. The van der Waals surface area contributed by atoms with Crippen molar-refractivity contribution in [1.82, 2.24) is 14.8 Å². The fourth-order valence-electron chi connectivity index (χ4n) is 5.64. The number of rotatable bonds is 9. The molecule has 1 aliphatic rings. The van der Waals surface area contributed by atoms with Gasteiger partial charge >= 0.3 is 6.09 Å². The van der Waals surface area contributed by atoms with E-state index in [1.807, 2.05) is 86.3 Å². The molecule has 0 saturated carbocycles. The molecule has 1 aromatic heterocycles. The van der Waals surface area contributed by atoms with Gasteiger partial charge in [-0.25, -0.2) is 4.79 Å². The van der Waals surface area contributed by atoms with Gasteiger partial charge in [0.1, 0.15) is 5.60 Å². The van der Waals surface area contributed by atoms with Crippen molar-refractivity contribution in [3.63, 3.8) is 0 Å². The molecule has 0 aliphatic carbocycles. The minimum Gasteiger partial charge on any atom is -0.444 e. The van der Waals surface area contributed by atoms with Gasteiger partial charge in [-0.1, -0.05) is 62.7 Å². The maximum atomic E-state index is 14.0. The molecule has 1 saturated heterocycles. The topological polar surface area (TPSA) is 72.0 Å². The van der Waals surface area contributed by atoms with Crippen molar-refractivity contribution in [3.05, 3.63) is 100 Å². The van der Waals surface area contributed by atoms with Crippen LogP contribution in [0.4, 0.5) is 4.79 Å². The molecule has 0 N–H and O–H groups in total. The Morgan fingerprint density at radius 2 is 1.63 bits per heavy atom. The van der Waals surface area contributed by atoms with Crippen LogP contribution in [-0.4, -0.2) is 59.8 Å². The summed E-state index contributed by atoms with van der Waals surface area (Å²) in [5.74, 6) is -0.0553. The molecule has 7 nitrogen and oxygen atoms in total. The zero-order chi connectivity index (χ0) is 33.9. The second-order valence-corrected chi connectivity index (χ2v) is 20.2. The average molecular weight is 664 g/mol. The third-order valence-corrected chi connectivity index (χ3v) is 13.8. The molecule has 4 rings (SSSR count). The SMILES string of the molecule is CN(Cc1cccnc1)C(=O)c1ccc(C[C@@H]2CC[C@H]([C@H](O[Si](C)(C)C(C)(C)C)c3ccc(Cl)cc3)N2C(=O)OC(C)(C)C)cc1. The Labute approximate surface area is 281 Å². The molecule has 2 heterocycles. The third kappa shape index (κ3) is 8.99. The van der Waals surface area contributed by atoms with Gasteiger partial charge in [-0.2, -0.15) is 0 Å². The first-order valence-corrected chi connectivity index (χ1v) is 19.4. The van der Waals surface area contributed by atoms with Crippen LogP contribution in [0.25, 0.3) is 0 Å². The van der Waals surface area contributed by atoms with Crippen LogP contribution in [0.15, 0.2) is 73.1 Å². The van der Waals surface area contributed by atoms with Gasteiger partial charge in [0.2, 0.25) is 0 Å². The third-order valence-electron chi connectivity index (χ3n) is 9.09. The number of hydrogen-bond donors (Lipinski definition) is 0. The van der Waals surface area contributed by atoms with Crippen LogP contribution in [0.1, 0.15) is 87.5 Å². The van der Waals surface area contributed by atoms with Crippen molar-refractivity contribution in [1.29, 1.82) is 0 Å². The number of carbonyl (C=O) groups excluding carboxylic acids is 2. The molecule has 1 fully saturated rings. The van der Waals surface area contributed by atoms with Crippen molar-refractivity contribution in [2.45, 2.75) is 109 Å². The molecule has 9 heteroatoms. The van der Waals surface area contributed by atoms with E-state index in [4.69, 9.17) is 20.8 Å². The summed E-state index contributed by atoms with van der Waals surface area (Å²) >= 11 is 6.29. The quantitative estimate of drug-likeness (QED) is 0.214. The molecule has 0 unspecified atom stereocenters. The van der Waals surface area contributed by atoms with Crippen LogP contribution in [0.3, 0.4) is 0 Å². The van der Waals surface area contributed by atoms with E-state index in [2.05, 4.69) is 38.8 Å². The molecule has 46 heavy (non-hydrogen) atoms. The highest BCUT2D eigenvalue weighted by Crippen LogP contribution is 2.44. The van der Waals surface area contributed by atoms with E-state index in [0.29, 0.717) is 23.6 Å². The van der Waals surface area contributed by atoms with Gasteiger partial charge in [0.25, 0.3) is 5.91 Å². The first-order valence-electron chi connectivity index (χ1n) is 16.1. The van der Waals surface area contributed by atoms with E-state index in [9.17, 15) is 9.59 Å². The summed E-state index contributed by atoms with van der Waals surface area (Å²) in [5, 5.41) is 0.644. The van der Waals surface area contributed by atoms with Crippen LogP contribution in [0.2, 0.25) is 23.2 Å². The first-order chi connectivity index (χ1) is 21.4. The molecule has 0 bridgehead atoms. The minimum atomic E-state index is -2.24. The highest BCUT2D eigenvalue weighted by atomic mass is 35.5. The van der Waals surface area contributed by atoms with E-state index in [0.717, 1.165) is 29.5 Å². The van der Waals surface area contributed by atoms with Crippen LogP contribution in [0, 0.1) is 0 Å². The smallest absolute Gasteiger partial charge is 0.410 e. The lowest BCUT2D eigenvalue weighted by Gasteiger charge is -2.43. The van der Waals surface area contributed by atoms with Crippen molar-refractivity contribution >= 4 is 31.9 Å². The number of nitrogens with zero attached hydrogens (tertiary/aromatic N) is 3. The number of ether oxygens (including phenoxy) is 1. The van der Waals surface area contributed by atoms with Crippen molar-refractivity contribution < 1.29 is 18.8 Å². The maximum absolute atomic E-state index is 14.0. The second kappa shape index (κ2) is 14.3. The second-order valence-electron chi connectivity index (χ2n) is 15.0. The van der Waals surface area contributed by atoms with Crippen LogP contribution < -0.4 is 0 Å². The number of hydrogen-bond acceptors (Lipinski definition) is 5. The van der Waals surface area contributed by atoms with Crippen LogP contribution in [0.5, 0.6) is 0 Å². The van der Waals surface area contributed by atoms with E-state index >= 15 is 0 Å². The van der Waals surface area contributed by atoms with Gasteiger partial charge < -0.3 is 14.1 Å². The summed E-state index contributed by atoms with van der Waals surface area (Å²) in [4.78, 5) is 34.9. The van der Waals surface area contributed by atoms with E-state index in [1.54, 1.807) is 24.3 Å². The number of amides is 2. The normalized spacial score (nSPS) is 17.9. The molecule has 2 aromatic carbocycles. The average Bonchev–Trinajstić information content (AvgIpc) is 3.39. The van der Waals surface area contributed by atoms with Gasteiger partial charge in [-0.15, -0.1) is 0 Å². The van der Waals surface area contributed by atoms with Gasteiger partial charge in [0.05, 0.1) is 12.1 Å². The van der Waals surface area contributed by atoms with Crippen molar-refractivity contribution in [2.75, 3.05) is 7.05 Å². The van der Waals surface area contributed by atoms with Gasteiger partial charge in [0.15, 0.2) is 8.32 Å². The maximum Gasteiger partial charge on any atom is 0.410 e. The lowest BCUT2D eigenvalue weighted by atomic mass is 10.0. The number of aromatic nitrogens is 1. The molecule has 0 radical (unpaired) electrons.